The minimum absolute atomic E-state index is 0.0160. The fourth-order valence-electron chi connectivity index (χ4n) is 7.27. The van der Waals surface area contributed by atoms with Crippen molar-refractivity contribution in [3.63, 3.8) is 0 Å². The molecule has 0 aromatic heterocycles. The van der Waals surface area contributed by atoms with Crippen LogP contribution in [0, 0.1) is 0 Å². The van der Waals surface area contributed by atoms with Crippen LogP contribution in [0.15, 0.2) is 107 Å². The standard InChI is InChI=1S/C44H50N6O4/c51-41(31-53-27-25-49-21-9-3-10-22-49)45-35-17-19-39-37(29-35)43(33-13-5-1-6-14-33)47-40-20-18-36(30-38(40)44(48-39)34-15-7-2-8-16-34)46-42(52)32-54-28-26-50-23-11-4-12-24-50/h1-2,5-8,13-20,29-30H,3-4,9-12,21-28,31-32H2,(H,45,51)(H,46,52). The first-order valence-electron chi connectivity index (χ1n) is 19.4. The molecule has 2 N–H and O–H groups in total. The first-order valence-corrected chi connectivity index (χ1v) is 19.4. The summed E-state index contributed by atoms with van der Waals surface area (Å²) in [4.78, 5) is 41.4. The van der Waals surface area contributed by atoms with Gasteiger partial charge in [-0.15, -0.1) is 0 Å². The molecule has 280 valence electrons. The molecule has 2 fully saturated rings. The van der Waals surface area contributed by atoms with Crippen molar-refractivity contribution in [2.24, 2.45) is 9.98 Å². The van der Waals surface area contributed by atoms with E-state index in [1.54, 1.807) is 0 Å². The van der Waals surface area contributed by atoms with E-state index < -0.39 is 0 Å². The van der Waals surface area contributed by atoms with Crippen LogP contribution < -0.4 is 10.6 Å². The number of hydrogen-bond acceptors (Lipinski definition) is 8. The molecule has 3 aliphatic rings. The number of aliphatic imine (C=N–C) groups is 2. The van der Waals surface area contributed by atoms with Crippen molar-refractivity contribution in [3.05, 3.63) is 119 Å². The number of fused-ring (bicyclic) bond motifs is 2. The van der Waals surface area contributed by atoms with Gasteiger partial charge in [0.2, 0.25) is 11.8 Å². The van der Waals surface area contributed by atoms with Crippen LogP contribution in [0.25, 0.3) is 0 Å². The number of ether oxygens (including phenoxy) is 2. The Labute approximate surface area is 318 Å². The van der Waals surface area contributed by atoms with E-state index in [-0.39, 0.29) is 25.0 Å². The Morgan fingerprint density at radius 2 is 0.944 bits per heavy atom. The molecule has 0 radical (unpaired) electrons. The van der Waals surface area contributed by atoms with E-state index in [1.165, 1.54) is 38.5 Å². The summed E-state index contributed by atoms with van der Waals surface area (Å²) in [6.45, 7) is 7.09. The number of carbonyl (C=O) groups excluding carboxylic acids is 2. The van der Waals surface area contributed by atoms with Gasteiger partial charge < -0.3 is 29.9 Å². The molecule has 0 saturated carbocycles. The molecule has 0 aliphatic carbocycles. The first kappa shape index (κ1) is 37.3. The van der Waals surface area contributed by atoms with Gasteiger partial charge in [-0.1, -0.05) is 73.5 Å². The fraction of sp³-hybridized carbons (Fsp3) is 0.364. The lowest BCUT2D eigenvalue weighted by atomic mass is 9.95. The molecule has 10 heteroatoms. The normalized spacial score (nSPS) is 16.2. The average molecular weight is 727 g/mol. The van der Waals surface area contributed by atoms with Crippen molar-refractivity contribution in [2.45, 2.75) is 38.5 Å². The minimum Gasteiger partial charge on any atom is -0.370 e. The van der Waals surface area contributed by atoms with Crippen molar-refractivity contribution < 1.29 is 19.1 Å². The topological polar surface area (TPSA) is 108 Å². The highest BCUT2D eigenvalue weighted by Crippen LogP contribution is 2.36. The number of anilines is 2. The maximum Gasteiger partial charge on any atom is 0.250 e. The number of likely N-dealkylation sites (tertiary alicyclic amines) is 2. The van der Waals surface area contributed by atoms with Crippen LogP contribution in [0.5, 0.6) is 0 Å². The Kier molecular flexibility index (Phi) is 13.0. The van der Waals surface area contributed by atoms with Crippen molar-refractivity contribution in [3.8, 4) is 0 Å². The predicted octanol–water partition coefficient (Wildman–Crippen LogP) is 7.22. The molecule has 0 atom stereocenters. The third kappa shape index (κ3) is 10.1. The number of hydrogen-bond donors (Lipinski definition) is 2. The maximum absolute atomic E-state index is 13.0. The Hall–Kier alpha value is -5.00. The van der Waals surface area contributed by atoms with Gasteiger partial charge in [0.05, 0.1) is 36.0 Å². The van der Waals surface area contributed by atoms with Gasteiger partial charge in [-0.2, -0.15) is 0 Å². The second-order valence-corrected chi connectivity index (χ2v) is 14.1. The lowest BCUT2D eigenvalue weighted by molar-refractivity contribution is -0.121. The average Bonchev–Trinajstić information content (AvgIpc) is 3.21. The summed E-state index contributed by atoms with van der Waals surface area (Å²) in [6.07, 6.45) is 7.48. The van der Waals surface area contributed by atoms with E-state index in [9.17, 15) is 9.59 Å². The molecule has 2 amide bonds. The smallest absolute Gasteiger partial charge is 0.250 e. The Balaban J connectivity index is 1.13. The number of nitrogens with zero attached hydrogens (tertiary/aromatic N) is 4. The molecule has 7 rings (SSSR count). The zero-order valence-electron chi connectivity index (χ0n) is 31.0. The highest BCUT2D eigenvalue weighted by molar-refractivity contribution is 6.23. The number of carbonyl (C=O) groups is 2. The van der Waals surface area contributed by atoms with Gasteiger partial charge in [0.25, 0.3) is 0 Å². The van der Waals surface area contributed by atoms with Gasteiger partial charge in [0, 0.05) is 46.7 Å². The Morgan fingerprint density at radius 1 is 0.537 bits per heavy atom. The molecule has 2 saturated heterocycles. The molecule has 54 heavy (non-hydrogen) atoms. The van der Waals surface area contributed by atoms with Gasteiger partial charge in [-0.25, -0.2) is 9.98 Å². The number of amides is 2. The molecular weight excluding hydrogens is 677 g/mol. The Morgan fingerprint density at radius 3 is 1.35 bits per heavy atom. The SMILES string of the molecule is O=C(COCCN1CCCCC1)Nc1ccc2c(c1)C(c1ccccc1)=Nc1ccc(NC(=O)COCCN3CCCCC3)cc1C(c1ccccc1)=N2. The van der Waals surface area contributed by atoms with Gasteiger partial charge in [-0.3, -0.25) is 9.59 Å². The van der Waals surface area contributed by atoms with Gasteiger partial charge in [0.15, 0.2) is 0 Å². The second kappa shape index (κ2) is 18.9. The molecule has 3 heterocycles. The summed E-state index contributed by atoms with van der Waals surface area (Å²) in [5, 5.41) is 6.05. The molecule has 0 unspecified atom stereocenters. The molecule has 4 aromatic rings. The van der Waals surface area contributed by atoms with Gasteiger partial charge in [0.1, 0.15) is 13.2 Å². The molecule has 10 nitrogen and oxygen atoms in total. The summed E-state index contributed by atoms with van der Waals surface area (Å²) in [6, 6.07) is 31.4. The van der Waals surface area contributed by atoms with Crippen molar-refractivity contribution in [1.29, 1.82) is 0 Å². The minimum atomic E-state index is -0.210. The van der Waals surface area contributed by atoms with Crippen LogP contribution in [0.4, 0.5) is 22.7 Å². The molecule has 3 aliphatic heterocycles. The third-order valence-electron chi connectivity index (χ3n) is 10.1. The third-order valence-corrected chi connectivity index (χ3v) is 10.1. The highest BCUT2D eigenvalue weighted by atomic mass is 16.5. The zero-order chi connectivity index (χ0) is 37.0. The van der Waals surface area contributed by atoms with Crippen molar-refractivity contribution >= 4 is 46.0 Å². The van der Waals surface area contributed by atoms with E-state index in [4.69, 9.17) is 19.5 Å². The van der Waals surface area contributed by atoms with Crippen molar-refractivity contribution in [1.82, 2.24) is 9.80 Å². The van der Waals surface area contributed by atoms with Crippen molar-refractivity contribution in [2.75, 3.05) is 76.3 Å². The monoisotopic (exact) mass is 726 g/mol. The number of benzene rings is 4. The van der Waals surface area contributed by atoms with E-state index in [2.05, 4.69) is 20.4 Å². The summed E-state index contributed by atoms with van der Waals surface area (Å²) in [5.41, 5.74) is 7.49. The van der Waals surface area contributed by atoms with Crippen LogP contribution in [-0.4, -0.2) is 98.7 Å². The molecule has 0 spiro atoms. The lowest BCUT2D eigenvalue weighted by Crippen LogP contribution is -2.33. The number of rotatable bonds is 14. The molecular formula is C44H50N6O4. The number of nitrogens with one attached hydrogen (secondary N) is 2. The second-order valence-electron chi connectivity index (χ2n) is 14.1. The van der Waals surface area contributed by atoms with E-state index in [0.29, 0.717) is 36.0 Å². The molecule has 0 bridgehead atoms. The van der Waals surface area contributed by atoms with Gasteiger partial charge >= 0.3 is 0 Å². The number of piperidine rings is 2. The van der Waals surface area contributed by atoms with E-state index >= 15 is 0 Å². The van der Waals surface area contributed by atoms with Crippen LogP contribution >= 0.6 is 0 Å². The van der Waals surface area contributed by atoms with Crippen LogP contribution in [0.3, 0.4) is 0 Å². The maximum atomic E-state index is 13.0. The summed E-state index contributed by atoms with van der Waals surface area (Å²) < 4.78 is 11.5. The first-order chi connectivity index (χ1) is 26.6. The van der Waals surface area contributed by atoms with E-state index in [1.807, 2.05) is 97.1 Å². The highest BCUT2D eigenvalue weighted by Gasteiger charge is 2.22. The summed E-state index contributed by atoms with van der Waals surface area (Å²) >= 11 is 0. The fourth-order valence-corrected chi connectivity index (χ4v) is 7.27. The van der Waals surface area contributed by atoms with Gasteiger partial charge in [-0.05, 0) is 88.3 Å². The summed E-state index contributed by atoms with van der Waals surface area (Å²) in [7, 11) is 0. The Bertz CT molecular complexity index is 1790. The largest absolute Gasteiger partial charge is 0.370 e. The lowest BCUT2D eigenvalue weighted by Gasteiger charge is -2.26. The van der Waals surface area contributed by atoms with Crippen LogP contribution in [-0.2, 0) is 19.1 Å². The van der Waals surface area contributed by atoms with E-state index in [0.717, 1.165) is 72.9 Å². The molecule has 4 aromatic carbocycles. The quantitative estimate of drug-likeness (QED) is 0.117. The van der Waals surface area contributed by atoms with Crippen LogP contribution in [0.1, 0.15) is 60.8 Å². The predicted molar refractivity (Wildman–Crippen MR) is 216 cm³/mol. The van der Waals surface area contributed by atoms with Crippen LogP contribution in [0.2, 0.25) is 0 Å². The zero-order valence-corrected chi connectivity index (χ0v) is 31.0. The summed E-state index contributed by atoms with van der Waals surface area (Å²) in [5.74, 6) is -0.420.